The molecule has 0 aliphatic rings. The van der Waals surface area contributed by atoms with Gasteiger partial charge in [-0.3, -0.25) is 0 Å². The number of rotatable bonds is 7. The van der Waals surface area contributed by atoms with Crippen molar-refractivity contribution in [2.45, 2.75) is 32.9 Å². The van der Waals surface area contributed by atoms with Crippen LogP contribution in [0.15, 0.2) is 24.3 Å². The van der Waals surface area contributed by atoms with Gasteiger partial charge < -0.3 is 10.4 Å². The van der Waals surface area contributed by atoms with Gasteiger partial charge >= 0.3 is 0 Å². The van der Waals surface area contributed by atoms with Crippen LogP contribution in [0.1, 0.15) is 25.8 Å². The quantitative estimate of drug-likeness (QED) is 0.717. The van der Waals surface area contributed by atoms with Gasteiger partial charge in [0.25, 0.3) is 0 Å². The van der Waals surface area contributed by atoms with E-state index < -0.39 is 0 Å². The molecule has 1 atom stereocenters. The third kappa shape index (κ3) is 5.42. The third-order valence-electron chi connectivity index (χ3n) is 2.46. The molecule has 1 unspecified atom stereocenters. The summed E-state index contributed by atoms with van der Waals surface area (Å²) in [5.74, 6) is 2.75. The van der Waals surface area contributed by atoms with Gasteiger partial charge in [-0.05, 0) is 42.5 Å². The highest BCUT2D eigenvalue weighted by Crippen LogP contribution is 2.11. The lowest BCUT2D eigenvalue weighted by Gasteiger charge is -2.13. The number of phenols is 1. The fourth-order valence-electron chi connectivity index (χ4n) is 1.47. The normalized spacial score (nSPS) is 12.6. The summed E-state index contributed by atoms with van der Waals surface area (Å²) in [7, 11) is 0. The van der Waals surface area contributed by atoms with Crippen LogP contribution in [-0.2, 0) is 6.54 Å². The van der Waals surface area contributed by atoms with Gasteiger partial charge in [0.15, 0.2) is 0 Å². The molecule has 3 heteroatoms. The van der Waals surface area contributed by atoms with Crippen LogP contribution in [0.5, 0.6) is 5.75 Å². The standard InChI is InChI=1S/C13H21NOS/c1-3-16-8-7-11(2)14-10-12-5-4-6-13(15)9-12/h4-6,9,11,14-15H,3,7-8,10H2,1-2H3. The minimum Gasteiger partial charge on any atom is -0.508 e. The second-order valence-electron chi connectivity index (χ2n) is 3.94. The van der Waals surface area contributed by atoms with Crippen LogP contribution in [0.25, 0.3) is 0 Å². The number of hydrogen-bond donors (Lipinski definition) is 2. The Bertz CT molecular complexity index is 304. The predicted molar refractivity (Wildman–Crippen MR) is 72.0 cm³/mol. The van der Waals surface area contributed by atoms with E-state index in [1.54, 1.807) is 12.1 Å². The van der Waals surface area contributed by atoms with E-state index in [0.29, 0.717) is 11.8 Å². The van der Waals surface area contributed by atoms with Crippen LogP contribution in [-0.4, -0.2) is 22.7 Å². The van der Waals surface area contributed by atoms with Gasteiger partial charge in [0, 0.05) is 12.6 Å². The molecule has 0 radical (unpaired) electrons. The summed E-state index contributed by atoms with van der Waals surface area (Å²) < 4.78 is 0. The number of phenolic OH excluding ortho intramolecular Hbond substituents is 1. The van der Waals surface area contributed by atoms with Gasteiger partial charge in [-0.1, -0.05) is 19.1 Å². The Balaban J connectivity index is 2.23. The fraction of sp³-hybridized carbons (Fsp3) is 0.538. The van der Waals surface area contributed by atoms with Crippen LogP contribution in [0.3, 0.4) is 0 Å². The van der Waals surface area contributed by atoms with Crippen molar-refractivity contribution in [1.82, 2.24) is 5.32 Å². The maximum absolute atomic E-state index is 9.32. The molecule has 0 aliphatic heterocycles. The first kappa shape index (κ1) is 13.4. The molecule has 2 N–H and O–H groups in total. The molecule has 0 bridgehead atoms. The average molecular weight is 239 g/mol. The lowest BCUT2D eigenvalue weighted by atomic mass is 10.2. The highest BCUT2D eigenvalue weighted by atomic mass is 32.2. The van der Waals surface area contributed by atoms with E-state index in [0.717, 1.165) is 12.1 Å². The van der Waals surface area contributed by atoms with Gasteiger partial charge in [0.05, 0.1) is 0 Å². The number of benzene rings is 1. The molecule has 0 saturated carbocycles. The topological polar surface area (TPSA) is 32.3 Å². The van der Waals surface area contributed by atoms with Crippen molar-refractivity contribution in [2.24, 2.45) is 0 Å². The fourth-order valence-corrected chi connectivity index (χ4v) is 2.27. The zero-order valence-electron chi connectivity index (χ0n) is 10.1. The molecule has 16 heavy (non-hydrogen) atoms. The van der Waals surface area contributed by atoms with Crippen molar-refractivity contribution in [1.29, 1.82) is 0 Å². The Morgan fingerprint density at radius 1 is 1.44 bits per heavy atom. The summed E-state index contributed by atoms with van der Waals surface area (Å²) in [4.78, 5) is 0. The van der Waals surface area contributed by atoms with Crippen molar-refractivity contribution >= 4 is 11.8 Å². The van der Waals surface area contributed by atoms with E-state index in [9.17, 15) is 5.11 Å². The van der Waals surface area contributed by atoms with Crippen LogP contribution in [0, 0.1) is 0 Å². The van der Waals surface area contributed by atoms with Gasteiger partial charge in [-0.2, -0.15) is 11.8 Å². The zero-order valence-corrected chi connectivity index (χ0v) is 10.9. The molecule has 0 saturated heterocycles. The molecular weight excluding hydrogens is 218 g/mol. The number of nitrogens with one attached hydrogen (secondary N) is 1. The number of hydrogen-bond acceptors (Lipinski definition) is 3. The Hall–Kier alpha value is -0.670. The molecule has 0 heterocycles. The minimum absolute atomic E-state index is 0.341. The first-order valence-electron chi connectivity index (χ1n) is 5.81. The average Bonchev–Trinajstić information content (AvgIpc) is 2.27. The van der Waals surface area contributed by atoms with E-state index in [1.165, 1.54) is 17.9 Å². The first-order valence-corrected chi connectivity index (χ1v) is 6.97. The van der Waals surface area contributed by atoms with Crippen molar-refractivity contribution in [3.05, 3.63) is 29.8 Å². The molecular formula is C13H21NOS. The van der Waals surface area contributed by atoms with E-state index in [4.69, 9.17) is 0 Å². The molecule has 1 aromatic rings. The van der Waals surface area contributed by atoms with Gasteiger partial charge in [-0.15, -0.1) is 0 Å². The SMILES string of the molecule is CCSCCC(C)NCc1cccc(O)c1. The van der Waals surface area contributed by atoms with Crippen LogP contribution >= 0.6 is 11.8 Å². The molecule has 0 aliphatic carbocycles. The molecule has 1 rings (SSSR count). The highest BCUT2D eigenvalue weighted by Gasteiger charge is 2.01. The van der Waals surface area contributed by atoms with E-state index in [2.05, 4.69) is 19.2 Å². The summed E-state index contributed by atoms with van der Waals surface area (Å²) >= 11 is 1.98. The number of aromatic hydroxyl groups is 1. The monoisotopic (exact) mass is 239 g/mol. The maximum atomic E-state index is 9.32. The highest BCUT2D eigenvalue weighted by molar-refractivity contribution is 7.99. The molecule has 0 aromatic heterocycles. The molecule has 2 nitrogen and oxygen atoms in total. The number of thioether (sulfide) groups is 1. The lowest BCUT2D eigenvalue weighted by Crippen LogP contribution is -2.25. The van der Waals surface area contributed by atoms with Crippen molar-refractivity contribution in [3.63, 3.8) is 0 Å². The largest absolute Gasteiger partial charge is 0.508 e. The second-order valence-corrected chi connectivity index (χ2v) is 5.33. The van der Waals surface area contributed by atoms with E-state index in [1.807, 2.05) is 23.9 Å². The smallest absolute Gasteiger partial charge is 0.115 e. The van der Waals surface area contributed by atoms with E-state index in [-0.39, 0.29) is 0 Å². The summed E-state index contributed by atoms with van der Waals surface area (Å²) in [5.41, 5.74) is 1.13. The Kier molecular flexibility index (Phi) is 6.34. The summed E-state index contributed by atoms with van der Waals surface area (Å²) in [5, 5.41) is 12.8. The van der Waals surface area contributed by atoms with Gasteiger partial charge in [0.1, 0.15) is 5.75 Å². The maximum Gasteiger partial charge on any atom is 0.115 e. The van der Waals surface area contributed by atoms with Crippen LogP contribution < -0.4 is 5.32 Å². The summed E-state index contributed by atoms with van der Waals surface area (Å²) in [6.45, 7) is 5.22. The zero-order chi connectivity index (χ0) is 11.8. The predicted octanol–water partition coefficient (Wildman–Crippen LogP) is 3.01. The summed E-state index contributed by atoms with van der Waals surface area (Å²) in [6.07, 6.45) is 1.19. The van der Waals surface area contributed by atoms with Gasteiger partial charge in [-0.25, -0.2) is 0 Å². The second kappa shape index (κ2) is 7.58. The molecule has 0 fully saturated rings. The van der Waals surface area contributed by atoms with E-state index >= 15 is 0 Å². The first-order chi connectivity index (χ1) is 7.72. The van der Waals surface area contributed by atoms with Gasteiger partial charge in [0.2, 0.25) is 0 Å². The Morgan fingerprint density at radius 2 is 2.25 bits per heavy atom. The summed E-state index contributed by atoms with van der Waals surface area (Å²) in [6, 6.07) is 7.94. The lowest BCUT2D eigenvalue weighted by molar-refractivity contribution is 0.473. The van der Waals surface area contributed by atoms with Crippen molar-refractivity contribution in [3.8, 4) is 5.75 Å². The Morgan fingerprint density at radius 3 is 2.94 bits per heavy atom. The molecule has 0 spiro atoms. The minimum atomic E-state index is 0.341. The third-order valence-corrected chi connectivity index (χ3v) is 3.40. The molecule has 90 valence electrons. The van der Waals surface area contributed by atoms with Crippen molar-refractivity contribution in [2.75, 3.05) is 11.5 Å². The van der Waals surface area contributed by atoms with Crippen molar-refractivity contribution < 1.29 is 5.11 Å². The molecule has 0 amide bonds. The Labute approximate surface area is 102 Å². The van der Waals surface area contributed by atoms with Crippen LogP contribution in [0.4, 0.5) is 0 Å². The molecule has 1 aromatic carbocycles. The van der Waals surface area contributed by atoms with Crippen LogP contribution in [0.2, 0.25) is 0 Å².